The van der Waals surface area contributed by atoms with Crippen LogP contribution in [-0.2, 0) is 20.1 Å². The van der Waals surface area contributed by atoms with Crippen molar-refractivity contribution in [2.45, 2.75) is 0 Å². The van der Waals surface area contributed by atoms with Crippen LogP contribution < -0.4 is 9.47 Å². The molecule has 0 N–H and O–H groups in total. The minimum absolute atomic E-state index is 0. The fraction of sp³-hybridized carbons (Fsp3) is 0.0870. The Bertz CT molecular complexity index is 1230. The van der Waals surface area contributed by atoms with Crippen LogP contribution in [0.3, 0.4) is 0 Å². The molecule has 3 heterocycles. The number of pyridine rings is 3. The van der Waals surface area contributed by atoms with Gasteiger partial charge in [0.1, 0.15) is 11.5 Å². The minimum Gasteiger partial charge on any atom is -0.305 e. The molecule has 4 rings (SSSR count). The van der Waals surface area contributed by atoms with Gasteiger partial charge in [0, 0.05) is 56.6 Å². The second-order valence-corrected chi connectivity index (χ2v) is 8.66. The maximum atomic E-state index is 12.8. The smallest absolute Gasteiger partial charge is 0.0405 e. The molecule has 1 aromatic carbocycles. The zero-order chi connectivity index (χ0) is 26.9. The van der Waals surface area contributed by atoms with Gasteiger partial charge in [-0.05, 0) is 23.9 Å². The van der Waals surface area contributed by atoms with E-state index in [1.807, 2.05) is 30.3 Å². The van der Waals surface area contributed by atoms with Crippen LogP contribution in [0.1, 0.15) is 0 Å². The predicted octanol–water partition coefficient (Wildman–Crippen LogP) is 8.23. The normalized spacial score (nSPS) is 12.1. The third kappa shape index (κ3) is 14.3. The molecule has 0 unspecified atom stereocenters. The van der Waals surface area contributed by atoms with Gasteiger partial charge in [0.05, 0.1) is 25.6 Å². The van der Waals surface area contributed by atoms with Crippen LogP contribution in [0.25, 0.3) is 22.6 Å². The average Bonchev–Trinajstić information content (AvgIpc) is 2.83. The Morgan fingerprint density at radius 3 is 1.54 bits per heavy atom. The molecule has 37 heavy (non-hydrogen) atoms. The summed E-state index contributed by atoms with van der Waals surface area (Å²) in [5.41, 5.74) is 2.94. The fourth-order valence-electron chi connectivity index (χ4n) is 2.47. The molecule has 0 saturated carbocycles. The van der Waals surface area contributed by atoms with Gasteiger partial charge in [-0.3, -0.25) is 9.97 Å². The fourth-order valence-corrected chi connectivity index (χ4v) is 2.47. The molecule has 0 fully saturated rings. The molecule has 5 nitrogen and oxygen atoms in total. The third-order valence-electron chi connectivity index (χ3n) is 3.90. The molecule has 0 amide bonds. The van der Waals surface area contributed by atoms with Crippen LogP contribution in [0.15, 0.2) is 79.3 Å². The summed E-state index contributed by atoms with van der Waals surface area (Å²) in [4.78, 5) is 12.6. The van der Waals surface area contributed by atoms with Crippen LogP contribution in [0.2, 0.25) is 0 Å². The second-order valence-electron chi connectivity index (χ2n) is 6.75. The molecular weight excluding hydrogens is 706 g/mol. The first-order chi connectivity index (χ1) is 16.6. The van der Waals surface area contributed by atoms with Gasteiger partial charge in [-0.15, -0.1) is 29.8 Å². The monoisotopic (exact) mass is 726 g/mol. The Hall–Kier alpha value is -3.14. The Morgan fingerprint density at radius 2 is 1.14 bits per heavy atom. The van der Waals surface area contributed by atoms with E-state index < -0.39 is 7.81 Å². The van der Waals surface area contributed by atoms with Crippen molar-refractivity contribution in [3.63, 3.8) is 0 Å². The van der Waals surface area contributed by atoms with Gasteiger partial charge in [0.2, 0.25) is 0 Å². The topological polar surface area (TPSA) is 57.1 Å². The van der Waals surface area contributed by atoms with Crippen LogP contribution in [0.5, 0.6) is 11.5 Å². The van der Waals surface area contributed by atoms with Crippen molar-refractivity contribution in [2.24, 2.45) is 0 Å². The van der Waals surface area contributed by atoms with Crippen molar-refractivity contribution in [3.8, 4) is 34.1 Å². The Morgan fingerprint density at radius 1 is 0.649 bits per heavy atom. The van der Waals surface area contributed by atoms with Crippen LogP contribution in [0, 0.1) is 11.9 Å². The van der Waals surface area contributed by atoms with Crippen LogP contribution in [-0.4, -0.2) is 29.2 Å². The molecule has 0 atom stereocenters. The molecule has 0 aliphatic heterocycles. The van der Waals surface area contributed by atoms with Crippen molar-refractivity contribution in [2.75, 3.05) is 14.2 Å². The number of benzene rings is 1. The molecule has 0 bridgehead atoms. The van der Waals surface area contributed by atoms with E-state index in [1.165, 1.54) is 6.07 Å². The van der Waals surface area contributed by atoms with Gasteiger partial charge in [-0.25, -0.2) is 4.39 Å². The van der Waals surface area contributed by atoms with Gasteiger partial charge in [0.15, 0.2) is 0 Å². The Balaban J connectivity index is 0.000000295. The number of nitrogens with zero attached hydrogens (tertiary/aromatic N) is 3. The van der Waals surface area contributed by atoms with E-state index in [2.05, 4.69) is 21.0 Å². The van der Waals surface area contributed by atoms with E-state index in [4.69, 9.17) is 9.47 Å². The summed E-state index contributed by atoms with van der Waals surface area (Å²) < 4.78 is 82.2. The molecule has 0 saturated heterocycles. The zero-order valence-electron chi connectivity index (χ0n) is 19.1. The second kappa shape index (κ2) is 12.4. The summed E-state index contributed by atoms with van der Waals surface area (Å²) in [6.07, 6.45) is 5.05. The first kappa shape index (κ1) is 31.9. The molecule has 1 radical (unpaired) electrons. The summed E-state index contributed by atoms with van der Waals surface area (Å²) in [5, 5.41) is 0. The molecule has 3 aromatic heterocycles. The van der Waals surface area contributed by atoms with Gasteiger partial charge in [-0.1, -0.05) is 12.1 Å². The summed E-state index contributed by atoms with van der Waals surface area (Å²) in [5.74, 6) is 1.16. The number of hydrogen-bond donors (Lipinski definition) is 0. The standard InChI is InChI=1S/C12H12N2O2.C11H7FN.F6P.Ir/c1-15-9-3-5-13-11(7-9)12-8-10(16-2)4-6-14-12;12-10-5-3-4-9(8-10)11-6-1-2-7-13-11;1-7(2,3,4,5)6;/h3-8H,1-2H3;1-7H;;/q;2*-1;. The zero-order valence-corrected chi connectivity index (χ0v) is 22.4. The van der Waals surface area contributed by atoms with Crippen molar-refractivity contribution >= 4 is 7.81 Å². The van der Waals surface area contributed by atoms with Crippen LogP contribution >= 0.6 is 7.81 Å². The first-order valence-corrected chi connectivity index (χ1v) is 11.8. The number of ether oxygens (including phenoxy) is 2. The predicted molar refractivity (Wildman–Crippen MR) is 123 cm³/mol. The van der Waals surface area contributed by atoms with Gasteiger partial charge in [-0.2, -0.15) is 0 Å². The number of aromatic nitrogens is 3. The van der Waals surface area contributed by atoms with E-state index in [-0.39, 0.29) is 25.9 Å². The maximum absolute atomic E-state index is 12.8. The molecule has 203 valence electrons. The molecule has 0 aliphatic rings. The molecule has 14 heteroatoms. The first-order valence-electron chi connectivity index (χ1n) is 9.80. The SMILES string of the molecule is COc1ccnc(-c2cc(OC)ccn2)c1.F[P-](F)(F)(F)(F)F.Fc1[c-]c(-c2ccccn2)ccc1.[Ir]. The quantitative estimate of drug-likeness (QED) is 0.121. The number of hydrogen-bond acceptors (Lipinski definition) is 5. The van der Waals surface area contributed by atoms with E-state index in [0.29, 0.717) is 5.56 Å². The Kier molecular flexibility index (Phi) is 10.7. The third-order valence-corrected chi connectivity index (χ3v) is 3.90. The number of rotatable bonds is 4. The average molecular weight is 726 g/mol. The summed E-state index contributed by atoms with van der Waals surface area (Å²) >= 11 is 0. The van der Waals surface area contributed by atoms with Crippen molar-refractivity contribution in [1.29, 1.82) is 0 Å². The minimum atomic E-state index is -10.7. The summed E-state index contributed by atoms with van der Waals surface area (Å²) in [6, 6.07) is 20.2. The van der Waals surface area contributed by atoms with Crippen molar-refractivity contribution in [3.05, 3.63) is 91.1 Å². The summed E-state index contributed by atoms with van der Waals surface area (Å²) in [7, 11) is -7.41. The van der Waals surface area contributed by atoms with E-state index >= 15 is 0 Å². The molecular formula is C23H19F7IrN3O2P-2. The van der Waals surface area contributed by atoms with E-state index in [0.717, 1.165) is 28.6 Å². The number of methoxy groups -OCH3 is 2. The molecule has 0 aliphatic carbocycles. The van der Waals surface area contributed by atoms with Gasteiger partial charge >= 0.3 is 33.0 Å². The van der Waals surface area contributed by atoms with Crippen LogP contribution in [0.4, 0.5) is 29.6 Å². The number of halogens is 7. The Labute approximate surface area is 221 Å². The largest absolute Gasteiger partial charge is 0.305 e. The molecule has 0 spiro atoms. The maximum Gasteiger partial charge on any atom is 0.0405 e. The van der Waals surface area contributed by atoms with E-state index in [1.54, 1.807) is 57.1 Å². The van der Waals surface area contributed by atoms with Gasteiger partial charge in [0.25, 0.3) is 0 Å². The summed E-state index contributed by atoms with van der Waals surface area (Å²) in [6.45, 7) is 0. The molecule has 4 aromatic rings. The van der Waals surface area contributed by atoms with Gasteiger partial charge < -0.3 is 14.5 Å². The van der Waals surface area contributed by atoms with E-state index in [9.17, 15) is 29.6 Å². The van der Waals surface area contributed by atoms with Crippen molar-refractivity contribution < 1.29 is 59.2 Å². The van der Waals surface area contributed by atoms with Crippen molar-refractivity contribution in [1.82, 2.24) is 15.0 Å².